The molecule has 2 aromatic carbocycles. The zero-order valence-electron chi connectivity index (χ0n) is 14.0. The Kier molecular flexibility index (Phi) is 6.11. The molecule has 25 heavy (non-hydrogen) atoms. The number of nitrogens with one attached hydrogen (secondary N) is 1. The molecule has 5 nitrogen and oxygen atoms in total. The smallest absolute Gasteiger partial charge is 0.250 e. The average Bonchev–Trinajstić information content (AvgIpc) is 3.03. The van der Waals surface area contributed by atoms with Crippen LogP contribution in [0.2, 0.25) is 0 Å². The van der Waals surface area contributed by atoms with Gasteiger partial charge in [0.25, 0.3) is 0 Å². The van der Waals surface area contributed by atoms with Crippen LogP contribution >= 0.6 is 11.3 Å². The van der Waals surface area contributed by atoms with E-state index < -0.39 is 0 Å². The lowest BCUT2D eigenvalue weighted by atomic mass is 10.1. The van der Waals surface area contributed by atoms with Gasteiger partial charge in [-0.2, -0.15) is 0 Å². The monoisotopic (exact) mass is 356 g/mol. The first-order chi connectivity index (χ1) is 12.2. The molecule has 0 spiro atoms. The number of amides is 1. The van der Waals surface area contributed by atoms with Gasteiger partial charge in [-0.05, 0) is 29.8 Å². The molecule has 0 radical (unpaired) electrons. The summed E-state index contributed by atoms with van der Waals surface area (Å²) in [5, 5.41) is 3.90. The molecule has 0 fully saturated rings. The normalized spacial score (nSPS) is 10.9. The number of carbonyl (C=O) groups excluding carboxylic acids is 1. The Labute approximate surface area is 150 Å². The summed E-state index contributed by atoms with van der Waals surface area (Å²) in [5.74, 6) is -0.171. The second-order valence-corrected chi connectivity index (χ2v) is 6.66. The first-order valence-electron chi connectivity index (χ1n) is 8.04. The van der Waals surface area contributed by atoms with Gasteiger partial charge in [-0.1, -0.05) is 24.3 Å². The summed E-state index contributed by atoms with van der Waals surface area (Å²) in [5.41, 5.74) is 2.96. The van der Waals surface area contributed by atoms with Gasteiger partial charge in [-0.15, -0.1) is 11.3 Å². The van der Waals surface area contributed by atoms with E-state index in [2.05, 4.69) is 16.4 Å². The van der Waals surface area contributed by atoms with Gasteiger partial charge in [0.15, 0.2) is 0 Å². The van der Waals surface area contributed by atoms with Gasteiger partial charge in [0, 0.05) is 19.2 Å². The predicted octanol–water partition coefficient (Wildman–Crippen LogP) is 3.49. The van der Waals surface area contributed by atoms with Crippen LogP contribution in [0, 0.1) is 0 Å². The van der Waals surface area contributed by atoms with Gasteiger partial charge in [0.1, 0.15) is 6.61 Å². The highest BCUT2D eigenvalue weighted by atomic mass is 32.1. The van der Waals surface area contributed by atoms with Gasteiger partial charge in [0.05, 0.1) is 28.4 Å². The number of rotatable bonds is 8. The fraction of sp³-hybridized carbons (Fsp3) is 0.263. The van der Waals surface area contributed by atoms with Crippen molar-refractivity contribution in [2.45, 2.75) is 6.42 Å². The SMILES string of the molecule is COCCOCC(=O)Nc1ccc(Cc2nc3ccccc3s2)cc1. The van der Waals surface area contributed by atoms with Crippen molar-refractivity contribution in [1.29, 1.82) is 0 Å². The van der Waals surface area contributed by atoms with Crippen LogP contribution in [-0.4, -0.2) is 37.8 Å². The molecule has 3 rings (SSSR count). The average molecular weight is 356 g/mol. The van der Waals surface area contributed by atoms with Crippen LogP contribution in [0.4, 0.5) is 5.69 Å². The summed E-state index contributed by atoms with van der Waals surface area (Å²) in [4.78, 5) is 16.4. The number of aromatic nitrogens is 1. The molecule has 1 amide bonds. The first-order valence-corrected chi connectivity index (χ1v) is 8.86. The molecular formula is C19H20N2O3S. The third-order valence-corrected chi connectivity index (χ3v) is 4.63. The van der Waals surface area contributed by atoms with Crippen LogP contribution in [0.15, 0.2) is 48.5 Å². The minimum atomic E-state index is -0.171. The Bertz CT molecular complexity index is 797. The number of hydrogen-bond acceptors (Lipinski definition) is 5. The quantitative estimate of drug-likeness (QED) is 0.628. The first kappa shape index (κ1) is 17.5. The molecule has 1 heterocycles. The van der Waals surface area contributed by atoms with Crippen LogP contribution in [0.3, 0.4) is 0 Å². The lowest BCUT2D eigenvalue weighted by Gasteiger charge is -2.07. The topological polar surface area (TPSA) is 60.5 Å². The number of methoxy groups -OCH3 is 1. The number of carbonyl (C=O) groups is 1. The maximum atomic E-state index is 11.8. The number of benzene rings is 2. The molecule has 130 valence electrons. The number of para-hydroxylation sites is 1. The molecule has 6 heteroatoms. The van der Waals surface area contributed by atoms with E-state index in [1.807, 2.05) is 42.5 Å². The molecule has 3 aromatic rings. The number of ether oxygens (including phenoxy) is 2. The fourth-order valence-corrected chi connectivity index (χ4v) is 3.38. The Hall–Kier alpha value is -2.28. The molecule has 0 unspecified atom stereocenters. The highest BCUT2D eigenvalue weighted by molar-refractivity contribution is 7.18. The van der Waals surface area contributed by atoms with Crippen LogP contribution in [-0.2, 0) is 20.7 Å². The number of nitrogens with zero attached hydrogens (tertiary/aromatic N) is 1. The van der Waals surface area contributed by atoms with Crippen molar-refractivity contribution in [3.05, 3.63) is 59.1 Å². The third-order valence-electron chi connectivity index (χ3n) is 3.60. The highest BCUT2D eigenvalue weighted by Gasteiger charge is 2.06. The number of thiazole rings is 1. The third kappa shape index (κ3) is 5.09. The van der Waals surface area contributed by atoms with Crippen LogP contribution in [0.25, 0.3) is 10.2 Å². The zero-order chi connectivity index (χ0) is 17.5. The van der Waals surface area contributed by atoms with E-state index in [4.69, 9.17) is 9.47 Å². The predicted molar refractivity (Wildman–Crippen MR) is 100 cm³/mol. The number of hydrogen-bond donors (Lipinski definition) is 1. The summed E-state index contributed by atoms with van der Waals surface area (Å²) < 4.78 is 11.3. The zero-order valence-corrected chi connectivity index (χ0v) is 14.8. The van der Waals surface area contributed by atoms with E-state index >= 15 is 0 Å². The van der Waals surface area contributed by atoms with E-state index in [1.54, 1.807) is 18.4 Å². The minimum Gasteiger partial charge on any atom is -0.382 e. The Morgan fingerprint density at radius 3 is 2.68 bits per heavy atom. The lowest BCUT2D eigenvalue weighted by molar-refractivity contribution is -0.121. The summed E-state index contributed by atoms with van der Waals surface area (Å²) in [6, 6.07) is 16.0. The van der Waals surface area contributed by atoms with Crippen molar-refractivity contribution in [1.82, 2.24) is 4.98 Å². The molecule has 0 aliphatic carbocycles. The van der Waals surface area contributed by atoms with Crippen molar-refractivity contribution < 1.29 is 14.3 Å². The van der Waals surface area contributed by atoms with Crippen molar-refractivity contribution in [3.63, 3.8) is 0 Å². The summed E-state index contributed by atoms with van der Waals surface area (Å²) in [6.45, 7) is 0.912. The van der Waals surface area contributed by atoms with E-state index in [0.29, 0.717) is 13.2 Å². The maximum Gasteiger partial charge on any atom is 0.250 e. The largest absolute Gasteiger partial charge is 0.382 e. The molecule has 0 saturated heterocycles. The van der Waals surface area contributed by atoms with Crippen molar-refractivity contribution >= 4 is 33.1 Å². The van der Waals surface area contributed by atoms with Crippen molar-refractivity contribution in [3.8, 4) is 0 Å². The minimum absolute atomic E-state index is 0.0246. The van der Waals surface area contributed by atoms with E-state index in [9.17, 15) is 4.79 Å². The lowest BCUT2D eigenvalue weighted by Crippen LogP contribution is -2.19. The molecular weight excluding hydrogens is 336 g/mol. The number of anilines is 1. The number of fused-ring (bicyclic) bond motifs is 1. The second kappa shape index (κ2) is 8.71. The second-order valence-electron chi connectivity index (χ2n) is 5.54. The van der Waals surface area contributed by atoms with Crippen molar-refractivity contribution in [2.24, 2.45) is 0 Å². The molecule has 1 aromatic heterocycles. The van der Waals surface area contributed by atoms with E-state index in [0.717, 1.165) is 28.2 Å². The Morgan fingerprint density at radius 1 is 1.12 bits per heavy atom. The highest BCUT2D eigenvalue weighted by Crippen LogP contribution is 2.24. The van der Waals surface area contributed by atoms with Crippen LogP contribution in [0.5, 0.6) is 0 Å². The van der Waals surface area contributed by atoms with Gasteiger partial charge in [-0.25, -0.2) is 4.98 Å². The molecule has 0 aliphatic heterocycles. The molecule has 0 saturated carbocycles. The Morgan fingerprint density at radius 2 is 1.92 bits per heavy atom. The summed E-state index contributed by atoms with van der Waals surface area (Å²) in [7, 11) is 1.60. The van der Waals surface area contributed by atoms with E-state index in [-0.39, 0.29) is 12.5 Å². The summed E-state index contributed by atoms with van der Waals surface area (Å²) in [6.07, 6.45) is 0.785. The van der Waals surface area contributed by atoms with Crippen LogP contribution < -0.4 is 5.32 Å². The van der Waals surface area contributed by atoms with Crippen molar-refractivity contribution in [2.75, 3.05) is 32.2 Å². The fourth-order valence-electron chi connectivity index (χ4n) is 2.38. The summed E-state index contributed by atoms with van der Waals surface area (Å²) >= 11 is 1.71. The molecule has 1 N–H and O–H groups in total. The maximum absolute atomic E-state index is 11.8. The molecule has 0 bridgehead atoms. The van der Waals surface area contributed by atoms with Gasteiger partial charge in [0.2, 0.25) is 5.91 Å². The molecule has 0 aliphatic rings. The van der Waals surface area contributed by atoms with E-state index in [1.165, 1.54) is 4.70 Å². The standard InChI is InChI=1S/C19H20N2O3S/c1-23-10-11-24-13-18(22)20-15-8-6-14(7-9-15)12-19-21-16-4-2-3-5-17(16)25-19/h2-9H,10-13H2,1H3,(H,20,22). The van der Waals surface area contributed by atoms with Gasteiger partial charge in [-0.3, -0.25) is 4.79 Å². The van der Waals surface area contributed by atoms with Crippen LogP contribution in [0.1, 0.15) is 10.6 Å². The molecule has 0 atom stereocenters. The van der Waals surface area contributed by atoms with Gasteiger partial charge < -0.3 is 14.8 Å². The van der Waals surface area contributed by atoms with Gasteiger partial charge >= 0.3 is 0 Å². The Balaban J connectivity index is 1.54.